The zero-order chi connectivity index (χ0) is 32.5. The summed E-state index contributed by atoms with van der Waals surface area (Å²) >= 11 is 0. The zero-order valence-electron chi connectivity index (χ0n) is 28.9. The van der Waals surface area contributed by atoms with Crippen LogP contribution in [0.5, 0.6) is 0 Å². The van der Waals surface area contributed by atoms with Crippen LogP contribution in [0.2, 0.25) is 0 Å². The van der Waals surface area contributed by atoms with Crippen molar-refractivity contribution >= 4 is 17.8 Å². The number of esters is 2. The van der Waals surface area contributed by atoms with Crippen LogP contribution in [0.1, 0.15) is 119 Å². The van der Waals surface area contributed by atoms with Gasteiger partial charge in [0.25, 0.3) is 0 Å². The molecular weight excluding hydrogens is 554 g/mol. The molecule has 11 atom stereocenters. The van der Waals surface area contributed by atoms with Gasteiger partial charge in [0.15, 0.2) is 0 Å². The fourth-order valence-electron chi connectivity index (χ4n) is 11.9. The van der Waals surface area contributed by atoms with Crippen LogP contribution < -0.4 is 5.32 Å². The molecule has 0 aliphatic heterocycles. The smallest absolute Gasteiger partial charge is 0.328 e. The number of aliphatic hydroxyl groups is 1. The Balaban J connectivity index is 1.52. The fourth-order valence-corrected chi connectivity index (χ4v) is 11.9. The minimum Gasteiger partial charge on any atom is -0.469 e. The Hall–Kier alpha value is -1.89. The molecule has 0 aromatic carbocycles. The first-order valence-corrected chi connectivity index (χ1v) is 17.4. The van der Waals surface area contributed by atoms with E-state index < -0.39 is 23.4 Å². The second-order valence-corrected chi connectivity index (χ2v) is 16.8. The molecule has 0 heterocycles. The Kier molecular flexibility index (Phi) is 8.69. The second kappa shape index (κ2) is 11.4. The molecule has 0 aromatic rings. The molecule has 4 saturated carbocycles. The quantitative estimate of drug-likeness (QED) is 0.258. The largest absolute Gasteiger partial charge is 0.469 e. The highest BCUT2D eigenvalue weighted by Crippen LogP contribution is 2.75. The standard InChI is InChI=1S/C37H59NO6/c1-22-14-19-37(32(42)38-25(31(41)44-9)11-13-29(40)43-8)21-20-35(6)24(30(37)23(22)2)10-12-27-34(5)17-16-28(39)33(3,4)26(34)15-18-36(27,35)7/h10,22-23,25-28,30,39H,11-21H2,1-9H3,(H,38,42)/t22-,23+,25?,26+,27-,28+,30+,34+,35-,36-,37+/m1/s1. The van der Waals surface area contributed by atoms with Gasteiger partial charge in [-0.1, -0.05) is 60.1 Å². The maximum atomic E-state index is 14.5. The Morgan fingerprint density at radius 2 is 1.64 bits per heavy atom. The molecule has 7 nitrogen and oxygen atoms in total. The molecule has 1 amide bonds. The molecule has 0 spiro atoms. The lowest BCUT2D eigenvalue weighted by molar-refractivity contribution is -0.204. The first-order chi connectivity index (χ1) is 20.5. The molecule has 0 saturated heterocycles. The highest BCUT2D eigenvalue weighted by atomic mass is 16.5. The number of amides is 1. The van der Waals surface area contributed by atoms with Crippen molar-refractivity contribution in [3.8, 4) is 0 Å². The van der Waals surface area contributed by atoms with Crippen molar-refractivity contribution in [2.45, 2.75) is 131 Å². The number of hydrogen-bond acceptors (Lipinski definition) is 6. The summed E-state index contributed by atoms with van der Waals surface area (Å²) in [6, 6.07) is -0.882. The Labute approximate surface area is 265 Å². The lowest BCUT2D eigenvalue weighted by atomic mass is 9.33. The molecule has 0 bridgehead atoms. The topological polar surface area (TPSA) is 102 Å². The number of carbonyl (C=O) groups excluding carboxylic acids is 3. The molecular formula is C37H59NO6. The Morgan fingerprint density at radius 1 is 0.932 bits per heavy atom. The van der Waals surface area contributed by atoms with Gasteiger partial charge < -0.3 is 19.9 Å². The molecule has 0 radical (unpaired) electrons. The SMILES string of the molecule is COC(=O)CCC(NC(=O)[C@]12CC[C@@H](C)[C@H](C)[C@H]1C1=CC[C@@H]3[C@@]4(C)CC[C@H](O)C(C)(C)[C@@H]4CC[C@@]3(C)[C@]1(C)CC2)C(=O)OC. The Morgan fingerprint density at radius 3 is 2.30 bits per heavy atom. The molecule has 5 rings (SSSR count). The van der Waals surface area contributed by atoms with E-state index in [-0.39, 0.29) is 52.4 Å². The maximum absolute atomic E-state index is 14.5. The van der Waals surface area contributed by atoms with Crippen molar-refractivity contribution < 1.29 is 29.0 Å². The van der Waals surface area contributed by atoms with Gasteiger partial charge in [0.05, 0.1) is 25.7 Å². The lowest BCUT2D eigenvalue weighted by Crippen LogP contribution is -2.66. The normalized spacial score (nSPS) is 44.8. The second-order valence-electron chi connectivity index (χ2n) is 16.8. The van der Waals surface area contributed by atoms with Gasteiger partial charge in [-0.2, -0.15) is 0 Å². The number of hydrogen-bond donors (Lipinski definition) is 2. The van der Waals surface area contributed by atoms with Crippen molar-refractivity contribution in [1.29, 1.82) is 0 Å². The molecule has 5 aliphatic rings. The predicted octanol–water partition coefficient (Wildman–Crippen LogP) is 6.62. The summed E-state index contributed by atoms with van der Waals surface area (Å²) in [5.74, 6) is 0.985. The van der Waals surface area contributed by atoms with Gasteiger partial charge in [0.2, 0.25) is 5.91 Å². The van der Waals surface area contributed by atoms with E-state index in [0.717, 1.165) is 57.8 Å². The van der Waals surface area contributed by atoms with E-state index in [1.165, 1.54) is 19.8 Å². The first-order valence-electron chi connectivity index (χ1n) is 17.4. The number of rotatable bonds is 6. The van der Waals surface area contributed by atoms with Gasteiger partial charge in [-0.25, -0.2) is 4.79 Å². The zero-order valence-corrected chi connectivity index (χ0v) is 28.9. The third kappa shape index (κ3) is 4.71. The molecule has 2 N–H and O–H groups in total. The number of carbonyl (C=O) groups is 3. The van der Waals surface area contributed by atoms with Crippen LogP contribution in [-0.2, 0) is 23.9 Å². The average Bonchev–Trinajstić information content (AvgIpc) is 2.98. The van der Waals surface area contributed by atoms with Crippen molar-refractivity contribution in [1.82, 2.24) is 5.32 Å². The van der Waals surface area contributed by atoms with Gasteiger partial charge in [0, 0.05) is 6.42 Å². The van der Waals surface area contributed by atoms with Gasteiger partial charge in [-0.15, -0.1) is 0 Å². The van der Waals surface area contributed by atoms with Crippen LogP contribution in [-0.4, -0.2) is 49.3 Å². The summed E-state index contributed by atoms with van der Waals surface area (Å²) in [6.07, 6.45) is 11.3. The summed E-state index contributed by atoms with van der Waals surface area (Å²) in [5, 5.41) is 14.1. The number of fused-ring (bicyclic) bond motifs is 7. The summed E-state index contributed by atoms with van der Waals surface area (Å²) in [4.78, 5) is 39.2. The van der Waals surface area contributed by atoms with Crippen LogP contribution in [0.4, 0.5) is 0 Å². The Bertz CT molecular complexity index is 1190. The van der Waals surface area contributed by atoms with E-state index in [2.05, 4.69) is 59.9 Å². The summed E-state index contributed by atoms with van der Waals surface area (Å²) in [6.45, 7) is 16.9. The molecule has 0 aromatic heterocycles. The summed E-state index contributed by atoms with van der Waals surface area (Å²) < 4.78 is 9.86. The number of methoxy groups -OCH3 is 2. The van der Waals surface area contributed by atoms with Crippen LogP contribution in [0, 0.1) is 56.7 Å². The number of aliphatic hydroxyl groups excluding tert-OH is 1. The molecule has 1 unspecified atom stereocenters. The van der Waals surface area contributed by atoms with Gasteiger partial charge >= 0.3 is 11.9 Å². The van der Waals surface area contributed by atoms with Crippen LogP contribution in [0.15, 0.2) is 11.6 Å². The van der Waals surface area contributed by atoms with E-state index in [1.54, 1.807) is 0 Å². The minimum absolute atomic E-state index is 0.0174. The number of allylic oxidation sites excluding steroid dienone is 2. The molecule has 248 valence electrons. The monoisotopic (exact) mass is 613 g/mol. The maximum Gasteiger partial charge on any atom is 0.328 e. The molecule has 5 aliphatic carbocycles. The van der Waals surface area contributed by atoms with E-state index in [1.807, 2.05) is 0 Å². The van der Waals surface area contributed by atoms with Gasteiger partial charge in [-0.3, -0.25) is 9.59 Å². The number of nitrogens with one attached hydrogen (secondary N) is 1. The van der Waals surface area contributed by atoms with E-state index in [4.69, 9.17) is 9.47 Å². The third-order valence-corrected chi connectivity index (χ3v) is 15.1. The first kappa shape index (κ1) is 33.5. The van der Waals surface area contributed by atoms with Gasteiger partial charge in [0.1, 0.15) is 6.04 Å². The fraction of sp³-hybridized carbons (Fsp3) is 0.865. The van der Waals surface area contributed by atoms with E-state index >= 15 is 0 Å². The van der Waals surface area contributed by atoms with Crippen molar-refractivity contribution in [3.05, 3.63) is 11.6 Å². The highest BCUT2D eigenvalue weighted by Gasteiger charge is 2.69. The molecule has 4 fully saturated rings. The van der Waals surface area contributed by atoms with Crippen molar-refractivity contribution in [3.63, 3.8) is 0 Å². The van der Waals surface area contributed by atoms with E-state index in [0.29, 0.717) is 23.7 Å². The van der Waals surface area contributed by atoms with Crippen LogP contribution in [0.3, 0.4) is 0 Å². The van der Waals surface area contributed by atoms with Crippen molar-refractivity contribution in [2.75, 3.05) is 14.2 Å². The van der Waals surface area contributed by atoms with Crippen LogP contribution >= 0.6 is 0 Å². The minimum atomic E-state index is -0.882. The molecule has 7 heteroatoms. The van der Waals surface area contributed by atoms with Crippen molar-refractivity contribution in [2.24, 2.45) is 56.7 Å². The average molecular weight is 614 g/mol. The van der Waals surface area contributed by atoms with E-state index in [9.17, 15) is 19.5 Å². The highest BCUT2D eigenvalue weighted by molar-refractivity contribution is 5.89. The summed E-state index contributed by atoms with van der Waals surface area (Å²) in [7, 11) is 2.65. The van der Waals surface area contributed by atoms with Gasteiger partial charge in [-0.05, 0) is 115 Å². The predicted molar refractivity (Wildman–Crippen MR) is 170 cm³/mol. The molecule has 44 heavy (non-hydrogen) atoms. The summed E-state index contributed by atoms with van der Waals surface area (Å²) in [5.41, 5.74) is 1.07. The third-order valence-electron chi connectivity index (χ3n) is 15.1. The van der Waals surface area contributed by atoms with Crippen LogP contribution in [0.25, 0.3) is 0 Å². The lowest BCUT2D eigenvalue weighted by Gasteiger charge is -2.71. The number of ether oxygens (including phenoxy) is 2.